The van der Waals surface area contributed by atoms with E-state index in [0.717, 1.165) is 5.69 Å². The van der Waals surface area contributed by atoms with E-state index in [1.807, 2.05) is 6.07 Å². The lowest BCUT2D eigenvalue weighted by atomic mass is 9.97. The van der Waals surface area contributed by atoms with Gasteiger partial charge in [-0.05, 0) is 43.5 Å². The van der Waals surface area contributed by atoms with Crippen molar-refractivity contribution in [2.75, 3.05) is 0 Å². The van der Waals surface area contributed by atoms with Crippen LogP contribution in [0.25, 0.3) is 11.3 Å². The van der Waals surface area contributed by atoms with Gasteiger partial charge in [0, 0.05) is 11.8 Å². The number of aromatic nitrogens is 2. The second-order valence-corrected chi connectivity index (χ2v) is 3.65. The summed E-state index contributed by atoms with van der Waals surface area (Å²) in [7, 11) is 0. The Hall–Kier alpha value is -1.57. The van der Waals surface area contributed by atoms with Gasteiger partial charge in [-0.3, -0.25) is 5.10 Å². The predicted molar refractivity (Wildman–Crippen MR) is 58.2 cm³/mol. The first-order chi connectivity index (χ1) is 6.70. The third-order valence-corrected chi connectivity index (χ3v) is 2.85. The molecule has 0 fully saturated rings. The van der Waals surface area contributed by atoms with Gasteiger partial charge in [0.2, 0.25) is 0 Å². The van der Waals surface area contributed by atoms with E-state index < -0.39 is 0 Å². The molecule has 1 aromatic heterocycles. The van der Waals surface area contributed by atoms with Gasteiger partial charge in [0.1, 0.15) is 0 Å². The van der Waals surface area contributed by atoms with Crippen molar-refractivity contribution in [2.45, 2.75) is 20.8 Å². The van der Waals surface area contributed by atoms with Crippen molar-refractivity contribution in [3.8, 4) is 11.3 Å². The van der Waals surface area contributed by atoms with E-state index in [4.69, 9.17) is 0 Å². The lowest BCUT2D eigenvalue weighted by Crippen LogP contribution is -1.90. The molecule has 0 bridgehead atoms. The van der Waals surface area contributed by atoms with Gasteiger partial charge in [0.05, 0.1) is 5.69 Å². The van der Waals surface area contributed by atoms with Gasteiger partial charge < -0.3 is 0 Å². The van der Waals surface area contributed by atoms with Crippen molar-refractivity contribution in [3.05, 3.63) is 41.1 Å². The number of nitrogens with zero attached hydrogens (tertiary/aromatic N) is 1. The first kappa shape index (κ1) is 9.00. The minimum Gasteiger partial charge on any atom is -0.278 e. The molecule has 0 amide bonds. The molecule has 2 aromatic rings. The number of benzene rings is 1. The number of H-pyrrole nitrogens is 1. The van der Waals surface area contributed by atoms with Gasteiger partial charge in [-0.2, -0.15) is 5.10 Å². The van der Waals surface area contributed by atoms with E-state index in [2.05, 4.69) is 43.1 Å². The monoisotopic (exact) mass is 186 g/mol. The number of rotatable bonds is 1. The summed E-state index contributed by atoms with van der Waals surface area (Å²) >= 11 is 0. The van der Waals surface area contributed by atoms with E-state index in [1.165, 1.54) is 22.3 Å². The summed E-state index contributed by atoms with van der Waals surface area (Å²) in [6, 6.07) is 6.29. The average Bonchev–Trinajstić information content (AvgIpc) is 2.67. The zero-order valence-corrected chi connectivity index (χ0v) is 8.76. The Kier molecular flexibility index (Phi) is 2.12. The van der Waals surface area contributed by atoms with Crippen molar-refractivity contribution >= 4 is 0 Å². The van der Waals surface area contributed by atoms with E-state index in [9.17, 15) is 0 Å². The molecular formula is C12H14N2. The fraction of sp³-hybridized carbons (Fsp3) is 0.250. The third kappa shape index (κ3) is 1.33. The van der Waals surface area contributed by atoms with E-state index in [-0.39, 0.29) is 0 Å². The molecule has 0 radical (unpaired) electrons. The van der Waals surface area contributed by atoms with E-state index in [1.54, 1.807) is 6.20 Å². The number of aromatic amines is 1. The maximum atomic E-state index is 3.97. The molecule has 0 aliphatic rings. The molecule has 0 spiro atoms. The van der Waals surface area contributed by atoms with Crippen molar-refractivity contribution in [1.82, 2.24) is 10.2 Å². The molecule has 14 heavy (non-hydrogen) atoms. The van der Waals surface area contributed by atoms with Crippen LogP contribution in [0.4, 0.5) is 0 Å². The van der Waals surface area contributed by atoms with Crippen molar-refractivity contribution in [2.24, 2.45) is 0 Å². The fourth-order valence-electron chi connectivity index (χ4n) is 1.65. The minimum atomic E-state index is 1.09. The van der Waals surface area contributed by atoms with Crippen LogP contribution in [0, 0.1) is 20.8 Å². The minimum absolute atomic E-state index is 1.09. The zero-order chi connectivity index (χ0) is 10.1. The first-order valence-corrected chi connectivity index (χ1v) is 4.76. The Morgan fingerprint density at radius 3 is 2.43 bits per heavy atom. The molecule has 2 nitrogen and oxygen atoms in total. The van der Waals surface area contributed by atoms with E-state index in [0.29, 0.717) is 0 Å². The summed E-state index contributed by atoms with van der Waals surface area (Å²) in [6.07, 6.45) is 1.78. The quantitative estimate of drug-likeness (QED) is 0.728. The Morgan fingerprint density at radius 1 is 1.00 bits per heavy atom. The van der Waals surface area contributed by atoms with Crippen LogP contribution >= 0.6 is 0 Å². The molecule has 0 saturated carbocycles. The van der Waals surface area contributed by atoms with Gasteiger partial charge in [0.25, 0.3) is 0 Å². The normalized spacial score (nSPS) is 10.5. The zero-order valence-electron chi connectivity index (χ0n) is 8.76. The molecule has 2 rings (SSSR count). The highest BCUT2D eigenvalue weighted by Gasteiger charge is 2.06. The second-order valence-electron chi connectivity index (χ2n) is 3.65. The number of hydrogen-bond acceptors (Lipinski definition) is 1. The maximum Gasteiger partial charge on any atom is 0.0652 e. The van der Waals surface area contributed by atoms with Crippen LogP contribution in [0.5, 0.6) is 0 Å². The molecule has 0 atom stereocenters. The van der Waals surface area contributed by atoms with Crippen molar-refractivity contribution in [1.29, 1.82) is 0 Å². The molecule has 0 aliphatic carbocycles. The van der Waals surface area contributed by atoms with E-state index >= 15 is 0 Å². The first-order valence-electron chi connectivity index (χ1n) is 4.76. The van der Waals surface area contributed by atoms with Gasteiger partial charge in [-0.1, -0.05) is 12.1 Å². The van der Waals surface area contributed by atoms with Crippen LogP contribution in [-0.2, 0) is 0 Å². The summed E-state index contributed by atoms with van der Waals surface area (Å²) in [4.78, 5) is 0. The molecular weight excluding hydrogens is 172 g/mol. The fourth-order valence-corrected chi connectivity index (χ4v) is 1.65. The molecule has 72 valence electrons. The topological polar surface area (TPSA) is 28.7 Å². The largest absolute Gasteiger partial charge is 0.278 e. The van der Waals surface area contributed by atoms with Crippen LogP contribution < -0.4 is 0 Å². The molecule has 0 unspecified atom stereocenters. The highest BCUT2D eigenvalue weighted by molar-refractivity contribution is 5.65. The van der Waals surface area contributed by atoms with Crippen LogP contribution in [0.2, 0.25) is 0 Å². The molecule has 1 N–H and O–H groups in total. The Morgan fingerprint density at radius 2 is 1.79 bits per heavy atom. The average molecular weight is 186 g/mol. The number of aryl methyl sites for hydroxylation is 1. The summed E-state index contributed by atoms with van der Waals surface area (Å²) in [5.41, 5.74) is 6.35. The highest BCUT2D eigenvalue weighted by atomic mass is 15.1. The maximum absolute atomic E-state index is 3.97. The van der Waals surface area contributed by atoms with Crippen LogP contribution in [0.15, 0.2) is 24.4 Å². The predicted octanol–water partition coefficient (Wildman–Crippen LogP) is 3.00. The van der Waals surface area contributed by atoms with Crippen molar-refractivity contribution in [3.63, 3.8) is 0 Å². The van der Waals surface area contributed by atoms with Crippen molar-refractivity contribution < 1.29 is 0 Å². The third-order valence-electron chi connectivity index (χ3n) is 2.85. The van der Waals surface area contributed by atoms with Crippen LogP contribution in [-0.4, -0.2) is 10.2 Å². The molecule has 0 aliphatic heterocycles. The Balaban J connectivity index is 2.61. The summed E-state index contributed by atoms with van der Waals surface area (Å²) in [5, 5.41) is 6.96. The summed E-state index contributed by atoms with van der Waals surface area (Å²) in [5.74, 6) is 0. The molecule has 0 saturated heterocycles. The SMILES string of the molecule is Cc1ccc(-c2ccn[nH]2)c(C)c1C. The lowest BCUT2D eigenvalue weighted by Gasteiger charge is -2.09. The van der Waals surface area contributed by atoms with Gasteiger partial charge in [-0.25, -0.2) is 0 Å². The summed E-state index contributed by atoms with van der Waals surface area (Å²) < 4.78 is 0. The number of hydrogen-bond donors (Lipinski definition) is 1. The van der Waals surface area contributed by atoms with Crippen LogP contribution in [0.3, 0.4) is 0 Å². The number of nitrogens with one attached hydrogen (secondary N) is 1. The highest BCUT2D eigenvalue weighted by Crippen LogP contribution is 2.25. The standard InChI is InChI=1S/C12H14N2/c1-8-4-5-11(10(3)9(8)2)12-6-7-13-14-12/h4-7H,1-3H3,(H,13,14). The summed E-state index contributed by atoms with van der Waals surface area (Å²) in [6.45, 7) is 6.45. The molecule has 1 heterocycles. The Bertz CT molecular complexity index is 442. The lowest BCUT2D eigenvalue weighted by molar-refractivity contribution is 1.09. The second kappa shape index (κ2) is 3.29. The molecule has 1 aromatic carbocycles. The van der Waals surface area contributed by atoms with Gasteiger partial charge >= 0.3 is 0 Å². The molecule has 2 heteroatoms. The van der Waals surface area contributed by atoms with Crippen LogP contribution in [0.1, 0.15) is 16.7 Å². The Labute approximate surface area is 84.0 Å². The van der Waals surface area contributed by atoms with Gasteiger partial charge in [-0.15, -0.1) is 0 Å². The smallest absolute Gasteiger partial charge is 0.0652 e. The van der Waals surface area contributed by atoms with Gasteiger partial charge in [0.15, 0.2) is 0 Å².